The van der Waals surface area contributed by atoms with E-state index >= 15 is 0 Å². The summed E-state index contributed by atoms with van der Waals surface area (Å²) >= 11 is 6.03. The monoisotopic (exact) mass is 602 g/mol. The Morgan fingerprint density at radius 3 is 2.51 bits per heavy atom. The normalized spacial score (nSPS) is 17.2. The number of nitrogens with zero attached hydrogens (tertiary/aromatic N) is 5. The first-order valence-corrected chi connectivity index (χ1v) is 15.4. The molecule has 0 radical (unpaired) electrons. The molecule has 2 atom stereocenters. The number of rotatable bonds is 8. The molecule has 9 heteroatoms. The molecule has 2 heterocycles. The number of carbonyl (C=O) groups is 2. The third kappa shape index (κ3) is 7.65. The highest BCUT2D eigenvalue weighted by Gasteiger charge is 2.32. The van der Waals surface area contributed by atoms with Crippen molar-refractivity contribution < 1.29 is 9.59 Å². The van der Waals surface area contributed by atoms with Gasteiger partial charge in [0.1, 0.15) is 11.6 Å². The summed E-state index contributed by atoms with van der Waals surface area (Å²) in [6.45, 7) is 14.7. The lowest BCUT2D eigenvalue weighted by Gasteiger charge is -2.35. The van der Waals surface area contributed by atoms with Crippen LogP contribution in [-0.4, -0.2) is 56.8 Å². The molecule has 43 heavy (non-hydrogen) atoms. The lowest BCUT2D eigenvalue weighted by atomic mass is 9.87. The van der Waals surface area contributed by atoms with E-state index in [1.165, 1.54) is 0 Å². The zero-order valence-corrected chi connectivity index (χ0v) is 27.1. The fourth-order valence-electron chi connectivity index (χ4n) is 5.58. The number of nitrogens with one attached hydrogen (secondary N) is 1. The molecule has 1 N–H and O–H groups in total. The summed E-state index contributed by atoms with van der Waals surface area (Å²) in [5.74, 6) is -0.540. The lowest BCUT2D eigenvalue weighted by molar-refractivity contribution is -0.127. The largest absolute Gasteiger partial charge is 0.333 e. The zero-order chi connectivity index (χ0) is 31.5. The maximum absolute atomic E-state index is 13.4. The number of carbonyl (C=O) groups excluding carboxylic acids is 2. The fourth-order valence-corrected chi connectivity index (χ4v) is 5.71. The Morgan fingerprint density at radius 2 is 1.88 bits per heavy atom. The molecule has 0 bridgehead atoms. The highest BCUT2D eigenvalue weighted by molar-refractivity contribution is 6.30. The topological polar surface area (TPSA) is 97.5 Å². The molecule has 2 amide bonds. The summed E-state index contributed by atoms with van der Waals surface area (Å²) in [6.07, 6.45) is 3.36. The number of aromatic nitrogens is 2. The van der Waals surface area contributed by atoms with Crippen molar-refractivity contribution in [3.63, 3.8) is 0 Å². The SMILES string of the molecule is CC(C)C=C(C#N)C(=O)N1CCCC1Cn1c(=NC(=O)c2ccc(Cl)cc2)[nH]c2cc(CN(C)C(C)C(C)(C)C)ccc21. The quantitative estimate of drug-likeness (QED) is 0.241. The third-order valence-electron chi connectivity index (χ3n) is 8.38. The predicted molar refractivity (Wildman–Crippen MR) is 171 cm³/mol. The van der Waals surface area contributed by atoms with Crippen LogP contribution in [-0.2, 0) is 17.9 Å². The maximum atomic E-state index is 13.4. The molecular weight excluding hydrogens is 560 g/mol. The number of likely N-dealkylation sites (tertiary alicyclic amines) is 1. The van der Waals surface area contributed by atoms with E-state index in [1.807, 2.05) is 18.4 Å². The highest BCUT2D eigenvalue weighted by atomic mass is 35.5. The van der Waals surface area contributed by atoms with E-state index in [0.717, 1.165) is 36.0 Å². The number of imidazole rings is 1. The first kappa shape index (κ1) is 32.2. The van der Waals surface area contributed by atoms with Crippen molar-refractivity contribution in [1.82, 2.24) is 19.4 Å². The molecule has 1 fully saturated rings. The molecule has 8 nitrogen and oxygen atoms in total. The number of hydrogen-bond acceptors (Lipinski definition) is 4. The lowest BCUT2D eigenvalue weighted by Crippen LogP contribution is -2.40. The minimum atomic E-state index is -0.387. The number of allylic oxidation sites excluding steroid dienone is 1. The molecule has 3 aromatic rings. The van der Waals surface area contributed by atoms with E-state index in [2.05, 4.69) is 73.9 Å². The standard InChI is InChI=1S/C34H43ClN6O2/c1-22(2)17-26(19-36)32(43)40-16-8-9-28(40)21-41-30-15-10-24(20-39(7)23(3)34(4,5)6)18-29(30)37-33(41)38-31(42)25-11-13-27(35)14-12-25/h10-15,17-18,22-23,28H,8-9,16,20-21H2,1-7H3,(H,37,38,42). The Morgan fingerprint density at radius 1 is 1.19 bits per heavy atom. The Hall–Kier alpha value is -3.67. The van der Waals surface area contributed by atoms with E-state index in [1.54, 1.807) is 35.2 Å². The highest BCUT2D eigenvalue weighted by Crippen LogP contribution is 2.26. The number of benzene rings is 2. The van der Waals surface area contributed by atoms with Crippen molar-refractivity contribution >= 4 is 34.4 Å². The van der Waals surface area contributed by atoms with Crippen LogP contribution in [0.1, 0.15) is 70.3 Å². The van der Waals surface area contributed by atoms with Crippen molar-refractivity contribution in [2.45, 2.75) is 79.6 Å². The van der Waals surface area contributed by atoms with Crippen LogP contribution in [0.3, 0.4) is 0 Å². The van der Waals surface area contributed by atoms with Gasteiger partial charge in [-0.15, -0.1) is 0 Å². The Balaban J connectivity index is 1.74. The van der Waals surface area contributed by atoms with Gasteiger partial charge in [-0.3, -0.25) is 14.5 Å². The number of fused-ring (bicyclic) bond motifs is 1. The third-order valence-corrected chi connectivity index (χ3v) is 8.63. The average molecular weight is 603 g/mol. The van der Waals surface area contributed by atoms with Gasteiger partial charge in [-0.05, 0) is 80.1 Å². The van der Waals surface area contributed by atoms with Crippen molar-refractivity contribution in [2.75, 3.05) is 13.6 Å². The number of hydrogen-bond donors (Lipinski definition) is 1. The number of halogens is 1. The van der Waals surface area contributed by atoms with Crippen LogP contribution in [0.2, 0.25) is 5.02 Å². The van der Waals surface area contributed by atoms with Crippen molar-refractivity contribution in [3.8, 4) is 6.07 Å². The first-order valence-electron chi connectivity index (χ1n) is 15.0. The van der Waals surface area contributed by atoms with Gasteiger partial charge in [0.2, 0.25) is 5.62 Å². The summed E-state index contributed by atoms with van der Waals surface area (Å²) < 4.78 is 1.99. The number of amides is 2. The number of aromatic amines is 1. The van der Waals surface area contributed by atoms with Crippen LogP contribution in [0.5, 0.6) is 0 Å². The molecular formula is C34H43ClN6O2. The Bertz CT molecular complexity index is 1620. The minimum absolute atomic E-state index is 0.0894. The molecule has 1 saturated heterocycles. The summed E-state index contributed by atoms with van der Waals surface area (Å²) in [5.41, 5.74) is 4.07. The van der Waals surface area contributed by atoms with Crippen LogP contribution in [0.15, 0.2) is 59.1 Å². The predicted octanol–water partition coefficient (Wildman–Crippen LogP) is 6.33. The van der Waals surface area contributed by atoms with Crippen molar-refractivity contribution in [1.29, 1.82) is 5.26 Å². The van der Waals surface area contributed by atoms with Crippen molar-refractivity contribution in [2.24, 2.45) is 16.3 Å². The molecule has 0 saturated carbocycles. The van der Waals surface area contributed by atoms with Gasteiger partial charge in [0.25, 0.3) is 11.8 Å². The second-order valence-electron chi connectivity index (χ2n) is 13.0. The van der Waals surface area contributed by atoms with Gasteiger partial charge >= 0.3 is 0 Å². The van der Waals surface area contributed by atoms with E-state index in [0.29, 0.717) is 35.3 Å². The van der Waals surface area contributed by atoms with Crippen LogP contribution >= 0.6 is 11.6 Å². The average Bonchev–Trinajstić information content (AvgIpc) is 3.54. The van der Waals surface area contributed by atoms with Gasteiger partial charge < -0.3 is 14.5 Å². The summed E-state index contributed by atoms with van der Waals surface area (Å²) in [4.78, 5) is 38.6. The van der Waals surface area contributed by atoms with Gasteiger partial charge in [-0.2, -0.15) is 10.3 Å². The van der Waals surface area contributed by atoms with Crippen LogP contribution in [0, 0.1) is 22.7 Å². The first-order chi connectivity index (χ1) is 20.3. The second kappa shape index (κ2) is 13.3. The molecule has 1 aliphatic heterocycles. The van der Waals surface area contributed by atoms with E-state index in [-0.39, 0.29) is 34.8 Å². The van der Waals surface area contributed by atoms with Gasteiger partial charge in [-0.25, -0.2) is 0 Å². The number of H-pyrrole nitrogens is 1. The van der Waals surface area contributed by atoms with Gasteiger partial charge in [0.05, 0.1) is 17.1 Å². The molecule has 1 aromatic heterocycles. The Labute approximate surface area is 259 Å². The van der Waals surface area contributed by atoms with Crippen LogP contribution in [0.25, 0.3) is 11.0 Å². The Kier molecular flexibility index (Phi) is 9.99. The smallest absolute Gasteiger partial charge is 0.280 e. The molecule has 2 unspecified atom stereocenters. The molecule has 228 valence electrons. The van der Waals surface area contributed by atoms with E-state index in [9.17, 15) is 14.9 Å². The van der Waals surface area contributed by atoms with Crippen LogP contribution in [0.4, 0.5) is 0 Å². The van der Waals surface area contributed by atoms with Crippen molar-refractivity contribution in [3.05, 3.63) is 75.9 Å². The van der Waals surface area contributed by atoms with Gasteiger partial charge in [0.15, 0.2) is 0 Å². The van der Waals surface area contributed by atoms with Crippen LogP contribution < -0.4 is 5.62 Å². The molecule has 0 spiro atoms. The zero-order valence-electron chi connectivity index (χ0n) is 26.3. The fraction of sp³-hybridized carbons (Fsp3) is 0.471. The summed E-state index contributed by atoms with van der Waals surface area (Å²) in [7, 11) is 2.13. The van der Waals surface area contributed by atoms with E-state index in [4.69, 9.17) is 11.6 Å². The second-order valence-corrected chi connectivity index (χ2v) is 13.5. The van der Waals surface area contributed by atoms with Gasteiger partial charge in [0, 0.05) is 36.3 Å². The molecule has 0 aliphatic carbocycles. The van der Waals surface area contributed by atoms with Gasteiger partial charge in [-0.1, -0.05) is 58.4 Å². The summed E-state index contributed by atoms with van der Waals surface area (Å²) in [5, 5.41) is 10.2. The molecule has 2 aromatic carbocycles. The maximum Gasteiger partial charge on any atom is 0.280 e. The van der Waals surface area contributed by atoms with E-state index < -0.39 is 0 Å². The molecule has 1 aliphatic rings. The summed E-state index contributed by atoms with van der Waals surface area (Å²) in [6, 6.07) is 15.3. The number of nitriles is 1. The molecule has 4 rings (SSSR count). The minimum Gasteiger partial charge on any atom is -0.333 e.